The van der Waals surface area contributed by atoms with Gasteiger partial charge in [-0.15, -0.1) is 0 Å². The van der Waals surface area contributed by atoms with Crippen LogP contribution in [0.2, 0.25) is 0 Å². The van der Waals surface area contributed by atoms with Crippen LogP contribution in [0.4, 0.5) is 0 Å². The van der Waals surface area contributed by atoms with Crippen molar-refractivity contribution < 1.29 is 13.7 Å². The molecule has 0 atom stereocenters. The van der Waals surface area contributed by atoms with Gasteiger partial charge in [-0.3, -0.25) is 0 Å². The Morgan fingerprint density at radius 3 is 1.75 bits per heavy atom. The van der Waals surface area contributed by atoms with Gasteiger partial charge in [0.25, 0.3) is 0 Å². The Balaban J connectivity index is 1.66. The van der Waals surface area contributed by atoms with Crippen molar-refractivity contribution in [2.24, 2.45) is 0 Å². The van der Waals surface area contributed by atoms with E-state index in [9.17, 15) is 0 Å². The van der Waals surface area contributed by atoms with E-state index in [0.717, 1.165) is 38.9 Å². The summed E-state index contributed by atoms with van der Waals surface area (Å²) in [7, 11) is -0.417. The predicted octanol–water partition coefficient (Wildman–Crippen LogP) is 6.68. The van der Waals surface area contributed by atoms with Crippen molar-refractivity contribution in [3.63, 3.8) is 0 Å². The lowest BCUT2D eigenvalue weighted by atomic mass is 9.78. The maximum absolute atomic E-state index is 6.50. The van der Waals surface area contributed by atoms with E-state index in [2.05, 4.69) is 108 Å². The molecule has 0 bridgehead atoms. The molecule has 1 fully saturated rings. The summed E-state index contributed by atoms with van der Waals surface area (Å²) in [5.74, 6) is 0.884. The summed E-state index contributed by atoms with van der Waals surface area (Å²) in [5.41, 5.74) is 6.84. The number of benzene rings is 3. The lowest BCUT2D eigenvalue weighted by molar-refractivity contribution is 0.00578. The molecule has 1 saturated heterocycles. The minimum absolute atomic E-state index is 0.379. The third-order valence-corrected chi connectivity index (χ3v) is 6.89. The summed E-state index contributed by atoms with van der Waals surface area (Å²) in [4.78, 5) is 0. The zero-order chi connectivity index (χ0) is 22.7. The molecular weight excluding hydrogens is 395 g/mol. The van der Waals surface area contributed by atoms with Crippen LogP contribution < -0.4 is 5.46 Å². The van der Waals surface area contributed by atoms with Gasteiger partial charge in [0, 0.05) is 16.5 Å². The molecule has 0 saturated carbocycles. The highest BCUT2D eigenvalue weighted by Crippen LogP contribution is 2.41. The molecule has 0 radical (unpaired) electrons. The SMILES string of the molecule is Cc1ccc(-c2oc3cc(B4OC(C)(C)C(C)(C)O4)ccc3c2-c2ccc(C)cc2)cc1. The van der Waals surface area contributed by atoms with Gasteiger partial charge in [-0.1, -0.05) is 71.8 Å². The first-order chi connectivity index (χ1) is 15.1. The van der Waals surface area contributed by atoms with Crippen molar-refractivity contribution in [2.45, 2.75) is 52.7 Å². The minimum Gasteiger partial charge on any atom is -0.455 e. The van der Waals surface area contributed by atoms with Gasteiger partial charge in [-0.05, 0) is 58.6 Å². The van der Waals surface area contributed by atoms with Crippen molar-refractivity contribution in [3.05, 3.63) is 77.9 Å². The molecule has 3 nitrogen and oxygen atoms in total. The van der Waals surface area contributed by atoms with Gasteiger partial charge < -0.3 is 13.7 Å². The van der Waals surface area contributed by atoms with Crippen molar-refractivity contribution in [2.75, 3.05) is 0 Å². The zero-order valence-electron chi connectivity index (χ0n) is 19.7. The van der Waals surface area contributed by atoms with Gasteiger partial charge in [0.1, 0.15) is 11.3 Å². The highest BCUT2D eigenvalue weighted by Gasteiger charge is 2.51. The molecule has 3 aromatic carbocycles. The molecule has 2 heterocycles. The smallest absolute Gasteiger partial charge is 0.455 e. The van der Waals surface area contributed by atoms with E-state index in [1.54, 1.807) is 0 Å². The zero-order valence-corrected chi connectivity index (χ0v) is 19.7. The molecule has 1 aromatic heterocycles. The summed E-state index contributed by atoms with van der Waals surface area (Å²) in [6.07, 6.45) is 0. The third-order valence-electron chi connectivity index (χ3n) is 6.89. The Kier molecular flexibility index (Phi) is 4.84. The molecule has 0 aliphatic carbocycles. The molecule has 5 rings (SSSR count). The monoisotopic (exact) mass is 424 g/mol. The summed E-state index contributed by atoms with van der Waals surface area (Å²) >= 11 is 0. The van der Waals surface area contributed by atoms with Crippen LogP contribution in [0.3, 0.4) is 0 Å². The van der Waals surface area contributed by atoms with E-state index in [-0.39, 0.29) is 11.2 Å². The van der Waals surface area contributed by atoms with E-state index < -0.39 is 7.12 Å². The fourth-order valence-electron chi connectivity index (χ4n) is 4.15. The topological polar surface area (TPSA) is 31.6 Å². The largest absolute Gasteiger partial charge is 0.494 e. The Morgan fingerprint density at radius 2 is 1.19 bits per heavy atom. The third kappa shape index (κ3) is 3.48. The second-order valence-electron chi connectivity index (χ2n) is 9.88. The van der Waals surface area contributed by atoms with Crippen molar-refractivity contribution >= 4 is 23.6 Å². The number of fused-ring (bicyclic) bond motifs is 1. The predicted molar refractivity (Wildman–Crippen MR) is 132 cm³/mol. The standard InChI is InChI=1S/C28H29BO3/c1-18-7-11-20(12-8-18)25-23-16-15-22(29-31-27(3,4)28(5,6)32-29)17-24(23)30-26(25)21-13-9-19(2)10-14-21/h7-17H,1-6H3. The summed E-state index contributed by atoms with van der Waals surface area (Å²) in [6.45, 7) is 12.5. The minimum atomic E-state index is -0.417. The van der Waals surface area contributed by atoms with Crippen LogP contribution in [0.15, 0.2) is 71.1 Å². The van der Waals surface area contributed by atoms with E-state index in [4.69, 9.17) is 13.7 Å². The quantitative estimate of drug-likeness (QED) is 0.344. The van der Waals surface area contributed by atoms with Gasteiger partial charge in [-0.2, -0.15) is 0 Å². The number of hydrogen-bond donors (Lipinski definition) is 0. The van der Waals surface area contributed by atoms with Gasteiger partial charge in [0.15, 0.2) is 0 Å². The molecule has 1 aliphatic heterocycles. The van der Waals surface area contributed by atoms with Crippen molar-refractivity contribution in [1.29, 1.82) is 0 Å². The maximum atomic E-state index is 6.50. The Bertz CT molecular complexity index is 1270. The van der Waals surface area contributed by atoms with Crippen LogP contribution >= 0.6 is 0 Å². The number of hydrogen-bond acceptors (Lipinski definition) is 3. The van der Waals surface area contributed by atoms with Gasteiger partial charge in [0.05, 0.1) is 11.2 Å². The van der Waals surface area contributed by atoms with E-state index in [1.807, 2.05) is 0 Å². The van der Waals surface area contributed by atoms with Gasteiger partial charge in [0.2, 0.25) is 0 Å². The number of rotatable bonds is 3. The van der Waals surface area contributed by atoms with Crippen LogP contribution in [-0.4, -0.2) is 18.3 Å². The molecule has 0 spiro atoms. The summed E-state index contributed by atoms with van der Waals surface area (Å²) in [5, 5.41) is 1.09. The molecule has 4 heteroatoms. The molecule has 162 valence electrons. The van der Waals surface area contributed by atoms with Crippen molar-refractivity contribution in [3.8, 4) is 22.5 Å². The van der Waals surface area contributed by atoms with Gasteiger partial charge in [-0.25, -0.2) is 0 Å². The Hall–Kier alpha value is -2.82. The molecule has 0 amide bonds. The molecule has 0 N–H and O–H groups in total. The van der Waals surface area contributed by atoms with Crippen LogP contribution in [0.25, 0.3) is 33.4 Å². The molecule has 1 aliphatic rings. The van der Waals surface area contributed by atoms with Crippen molar-refractivity contribution in [1.82, 2.24) is 0 Å². The average Bonchev–Trinajstić information content (AvgIpc) is 3.22. The first-order valence-electron chi connectivity index (χ1n) is 11.2. The van der Waals surface area contributed by atoms with Crippen LogP contribution in [-0.2, 0) is 9.31 Å². The highest BCUT2D eigenvalue weighted by molar-refractivity contribution is 6.62. The highest BCUT2D eigenvalue weighted by atomic mass is 16.7. The van der Waals surface area contributed by atoms with E-state index in [1.165, 1.54) is 11.1 Å². The second kappa shape index (κ2) is 7.36. The normalized spacial score (nSPS) is 17.2. The average molecular weight is 424 g/mol. The first kappa shape index (κ1) is 21.1. The molecule has 4 aromatic rings. The second-order valence-corrected chi connectivity index (χ2v) is 9.88. The van der Waals surface area contributed by atoms with Gasteiger partial charge >= 0.3 is 7.12 Å². The molecule has 0 unspecified atom stereocenters. The first-order valence-corrected chi connectivity index (χ1v) is 11.2. The van der Waals surface area contributed by atoms with E-state index >= 15 is 0 Å². The number of furan rings is 1. The maximum Gasteiger partial charge on any atom is 0.494 e. The lowest BCUT2D eigenvalue weighted by Crippen LogP contribution is -2.41. The number of aryl methyl sites for hydroxylation is 2. The molecular formula is C28H29BO3. The van der Waals surface area contributed by atoms with Crippen LogP contribution in [0, 0.1) is 13.8 Å². The summed E-state index contributed by atoms with van der Waals surface area (Å²) < 4.78 is 19.0. The fraction of sp³-hybridized carbons (Fsp3) is 0.286. The summed E-state index contributed by atoms with van der Waals surface area (Å²) in [6, 6.07) is 23.4. The molecule has 32 heavy (non-hydrogen) atoms. The van der Waals surface area contributed by atoms with E-state index in [0.29, 0.717) is 0 Å². The Morgan fingerprint density at radius 1 is 0.656 bits per heavy atom. The lowest BCUT2D eigenvalue weighted by Gasteiger charge is -2.32. The van der Waals surface area contributed by atoms with Crippen LogP contribution in [0.5, 0.6) is 0 Å². The fourth-order valence-corrected chi connectivity index (χ4v) is 4.15. The Labute approximate surface area is 190 Å². The van der Waals surface area contributed by atoms with Crippen LogP contribution in [0.1, 0.15) is 38.8 Å².